The van der Waals surface area contributed by atoms with Gasteiger partial charge in [-0.3, -0.25) is 0 Å². The molecule has 2 fully saturated rings. The Morgan fingerprint density at radius 2 is 2.16 bits per heavy atom. The molecule has 1 atom stereocenters. The van der Waals surface area contributed by atoms with E-state index >= 15 is 0 Å². The van der Waals surface area contributed by atoms with E-state index in [0.717, 1.165) is 29.5 Å². The molecule has 1 aliphatic heterocycles. The first-order valence-corrected chi connectivity index (χ1v) is 8.52. The first-order valence-electron chi connectivity index (χ1n) is 7.44. The van der Waals surface area contributed by atoms with Gasteiger partial charge >= 0.3 is 124 Å². The van der Waals surface area contributed by atoms with Crippen LogP contribution >= 0.6 is 0 Å². The van der Waals surface area contributed by atoms with Gasteiger partial charge in [0.15, 0.2) is 0 Å². The van der Waals surface area contributed by atoms with Crippen molar-refractivity contribution in [1.82, 2.24) is 4.98 Å². The second-order valence-corrected chi connectivity index (χ2v) is 7.35. The third-order valence-electron chi connectivity index (χ3n) is 4.32. The van der Waals surface area contributed by atoms with Crippen LogP contribution in [0.4, 0.5) is 11.5 Å². The fourth-order valence-corrected chi connectivity index (χ4v) is 3.81. The van der Waals surface area contributed by atoms with Gasteiger partial charge in [0.1, 0.15) is 0 Å². The summed E-state index contributed by atoms with van der Waals surface area (Å²) in [4.78, 5) is 6.91. The van der Waals surface area contributed by atoms with Gasteiger partial charge in [-0.1, -0.05) is 0 Å². The van der Waals surface area contributed by atoms with Crippen molar-refractivity contribution in [2.75, 3.05) is 29.9 Å². The molecule has 3 rings (SSSR count). The first-order chi connectivity index (χ1) is 9.31. The molecule has 19 heavy (non-hydrogen) atoms. The summed E-state index contributed by atoms with van der Waals surface area (Å²) in [6, 6.07) is 4.34. The molecule has 2 radical (unpaired) electrons. The van der Waals surface area contributed by atoms with Crippen molar-refractivity contribution < 1.29 is 0 Å². The Hall–Kier alpha value is -0.692. The molecule has 102 valence electrons. The summed E-state index contributed by atoms with van der Waals surface area (Å²) in [6.07, 6.45) is 8.80. The van der Waals surface area contributed by atoms with E-state index in [2.05, 4.69) is 44.2 Å². The summed E-state index contributed by atoms with van der Waals surface area (Å²) in [6.45, 7) is 3.42. The van der Waals surface area contributed by atoms with Crippen LogP contribution in [-0.4, -0.2) is 41.5 Å². The number of aromatic nitrogens is 1. The van der Waals surface area contributed by atoms with Gasteiger partial charge in [0.05, 0.1) is 0 Å². The number of anilines is 2. The van der Waals surface area contributed by atoms with Crippen LogP contribution in [0.25, 0.3) is 0 Å². The van der Waals surface area contributed by atoms with Gasteiger partial charge in [0.2, 0.25) is 0 Å². The average molecular weight is 319 g/mol. The van der Waals surface area contributed by atoms with Crippen molar-refractivity contribution in [2.24, 2.45) is 5.92 Å². The van der Waals surface area contributed by atoms with Gasteiger partial charge in [0, 0.05) is 0 Å². The maximum absolute atomic E-state index is 4.45. The van der Waals surface area contributed by atoms with E-state index in [1.807, 2.05) is 6.20 Å². The predicted octanol–water partition coefficient (Wildman–Crippen LogP) is 2.85. The number of rotatable bonds is 4. The molecule has 2 heterocycles. The maximum atomic E-state index is 4.45. The Labute approximate surface area is 124 Å². The molecule has 1 aromatic heterocycles. The van der Waals surface area contributed by atoms with Crippen LogP contribution in [0.3, 0.4) is 0 Å². The zero-order chi connectivity index (χ0) is 13.1. The van der Waals surface area contributed by atoms with E-state index in [4.69, 9.17) is 0 Å². The van der Waals surface area contributed by atoms with Crippen LogP contribution < -0.4 is 10.2 Å². The Morgan fingerprint density at radius 1 is 1.32 bits per heavy atom. The second-order valence-electron chi connectivity index (χ2n) is 5.82. The molecule has 0 unspecified atom stereocenters. The topological polar surface area (TPSA) is 28.2 Å². The van der Waals surface area contributed by atoms with Gasteiger partial charge in [0.25, 0.3) is 0 Å². The average Bonchev–Trinajstić information content (AvgIpc) is 3.08. The monoisotopic (exact) mass is 319 g/mol. The van der Waals surface area contributed by atoms with Crippen LogP contribution in [0.5, 0.6) is 0 Å². The van der Waals surface area contributed by atoms with Crippen molar-refractivity contribution in [3.63, 3.8) is 0 Å². The number of nitrogens with one attached hydrogen (secondary N) is 1. The molecule has 1 saturated heterocycles. The van der Waals surface area contributed by atoms with Gasteiger partial charge in [-0.25, -0.2) is 0 Å². The van der Waals surface area contributed by atoms with Crippen LogP contribution in [0, 0.1) is 5.92 Å². The van der Waals surface area contributed by atoms with E-state index in [0.29, 0.717) is 0 Å². The zero-order valence-electron chi connectivity index (χ0n) is 11.4. The summed E-state index contributed by atoms with van der Waals surface area (Å²) in [5, 5.41) is 3.52. The first kappa shape index (κ1) is 13.3. The number of nitrogens with zero attached hydrogens (tertiary/aromatic N) is 2. The summed E-state index contributed by atoms with van der Waals surface area (Å²) < 4.78 is 0.760. The molecule has 1 aliphatic carbocycles. The van der Waals surface area contributed by atoms with Crippen LogP contribution in [0.2, 0.25) is 4.71 Å². The minimum absolute atomic E-state index is 0.760. The van der Waals surface area contributed by atoms with Gasteiger partial charge in [-0.15, -0.1) is 0 Å². The van der Waals surface area contributed by atoms with Crippen molar-refractivity contribution >= 4 is 28.4 Å². The quantitative estimate of drug-likeness (QED) is 0.865. The van der Waals surface area contributed by atoms with Crippen molar-refractivity contribution in [1.29, 1.82) is 0 Å². The fraction of sp³-hybridized carbons (Fsp3) is 0.667. The van der Waals surface area contributed by atoms with Gasteiger partial charge in [-0.2, -0.15) is 0 Å². The molecule has 2 aliphatic rings. The Kier molecular flexibility index (Phi) is 4.32. The molecule has 0 bridgehead atoms. The van der Waals surface area contributed by atoms with Crippen molar-refractivity contribution in [3.8, 4) is 0 Å². The zero-order valence-corrected chi connectivity index (χ0v) is 13.3. The standard InChI is InChI=1S/C15H22AsN3/c16-13-6-8-19(11-13)14-5-7-17-15(9-14)18-10-12-3-1-2-4-12/h5,7,9,12-13H,1-4,6,8,10-11H2,(H,17,18)/t13-/m1/s1. The van der Waals surface area contributed by atoms with E-state index in [1.54, 1.807) is 0 Å². The van der Waals surface area contributed by atoms with Crippen molar-refractivity contribution in [2.45, 2.75) is 36.8 Å². The van der Waals surface area contributed by atoms with Crippen LogP contribution in [0.1, 0.15) is 32.1 Å². The van der Waals surface area contributed by atoms with E-state index in [1.165, 1.54) is 44.3 Å². The number of hydrogen-bond acceptors (Lipinski definition) is 3. The SMILES string of the molecule is [As][C@@H]1CCN(c2ccnc(NCC3CCCC3)c2)C1. The van der Waals surface area contributed by atoms with E-state index in [9.17, 15) is 0 Å². The van der Waals surface area contributed by atoms with Crippen molar-refractivity contribution in [3.05, 3.63) is 18.3 Å². The molecule has 1 saturated carbocycles. The minimum atomic E-state index is 0.760. The van der Waals surface area contributed by atoms with Gasteiger partial charge < -0.3 is 0 Å². The molecular weight excluding hydrogens is 297 g/mol. The van der Waals surface area contributed by atoms with Gasteiger partial charge in [-0.05, 0) is 0 Å². The Balaban J connectivity index is 1.59. The Morgan fingerprint density at radius 3 is 2.89 bits per heavy atom. The molecule has 1 aromatic rings. The molecule has 4 heteroatoms. The third kappa shape index (κ3) is 3.45. The summed E-state index contributed by atoms with van der Waals surface area (Å²) in [5.41, 5.74) is 1.32. The molecule has 0 spiro atoms. The van der Waals surface area contributed by atoms with E-state index < -0.39 is 0 Å². The van der Waals surface area contributed by atoms with E-state index in [-0.39, 0.29) is 0 Å². The number of hydrogen-bond donors (Lipinski definition) is 1. The predicted molar refractivity (Wildman–Crippen MR) is 81.0 cm³/mol. The second kappa shape index (κ2) is 6.17. The Bertz CT molecular complexity index is 418. The summed E-state index contributed by atoms with van der Waals surface area (Å²) in [7, 11) is 0. The molecule has 1 N–H and O–H groups in total. The van der Waals surface area contributed by atoms with Crippen LogP contribution in [-0.2, 0) is 0 Å². The molecule has 3 nitrogen and oxygen atoms in total. The summed E-state index contributed by atoms with van der Waals surface area (Å²) in [5.74, 6) is 1.90. The molecular formula is C15H22AsN3. The normalized spacial score (nSPS) is 24.1. The van der Waals surface area contributed by atoms with Crippen LogP contribution in [0.15, 0.2) is 18.3 Å². The number of pyridine rings is 1. The summed E-state index contributed by atoms with van der Waals surface area (Å²) >= 11 is 2.79. The fourth-order valence-electron chi connectivity index (χ4n) is 3.15. The molecule has 0 amide bonds. The third-order valence-corrected chi connectivity index (χ3v) is 5.20. The molecule has 0 aromatic carbocycles.